The summed E-state index contributed by atoms with van der Waals surface area (Å²) in [4.78, 5) is 9.06. The van der Waals surface area contributed by atoms with E-state index < -0.39 is 0 Å². The van der Waals surface area contributed by atoms with Crippen LogP contribution in [0.4, 0.5) is 0 Å². The highest BCUT2D eigenvalue weighted by molar-refractivity contribution is 7.80. The Balaban J connectivity index is 1.69. The van der Waals surface area contributed by atoms with E-state index in [-0.39, 0.29) is 0 Å². The average molecular weight is 356 g/mol. The third-order valence-corrected chi connectivity index (χ3v) is 6.17. The zero-order valence-corrected chi connectivity index (χ0v) is 15.4. The summed E-state index contributed by atoms with van der Waals surface area (Å²) < 4.78 is 0. The zero-order valence-electron chi connectivity index (χ0n) is 14.5. The third-order valence-electron chi connectivity index (χ3n) is 5.78. The maximum atomic E-state index is 4.70. The van der Waals surface area contributed by atoms with Crippen molar-refractivity contribution in [2.75, 3.05) is 5.75 Å². The Bertz CT molecular complexity index is 1090. The third kappa shape index (κ3) is 2.42. The maximum Gasteiger partial charge on any atom is 0.131 e. The molecule has 0 amide bonds. The van der Waals surface area contributed by atoms with Gasteiger partial charge in [0.25, 0.3) is 0 Å². The minimum atomic E-state index is 0.346. The van der Waals surface area contributed by atoms with E-state index in [1.165, 1.54) is 32.7 Å². The predicted octanol–water partition coefficient (Wildman–Crippen LogP) is 5.53. The second-order valence-electron chi connectivity index (χ2n) is 7.06. The van der Waals surface area contributed by atoms with Crippen LogP contribution in [-0.4, -0.2) is 15.7 Å². The SMILES string of the molecule is SCC1c2ccc3c(ccc4ccccc43)c2CCC1c1ncccn1. The Morgan fingerprint density at radius 3 is 2.50 bits per heavy atom. The number of benzene rings is 3. The normalized spacial score (nSPS) is 19.6. The van der Waals surface area contributed by atoms with E-state index in [0.29, 0.717) is 11.8 Å². The van der Waals surface area contributed by atoms with Crippen molar-refractivity contribution in [1.29, 1.82) is 0 Å². The van der Waals surface area contributed by atoms with Crippen molar-refractivity contribution in [3.63, 3.8) is 0 Å². The van der Waals surface area contributed by atoms with Crippen molar-refractivity contribution in [3.05, 3.63) is 83.9 Å². The lowest BCUT2D eigenvalue weighted by atomic mass is 9.74. The van der Waals surface area contributed by atoms with E-state index in [1.807, 2.05) is 18.5 Å². The summed E-state index contributed by atoms with van der Waals surface area (Å²) in [7, 11) is 0. The fourth-order valence-corrected chi connectivity index (χ4v) is 5.00. The summed E-state index contributed by atoms with van der Waals surface area (Å²) in [5.41, 5.74) is 2.91. The van der Waals surface area contributed by atoms with Crippen LogP contribution in [0.25, 0.3) is 21.5 Å². The van der Waals surface area contributed by atoms with E-state index in [0.717, 1.165) is 24.4 Å². The molecule has 2 nitrogen and oxygen atoms in total. The van der Waals surface area contributed by atoms with Gasteiger partial charge in [-0.3, -0.25) is 0 Å². The summed E-state index contributed by atoms with van der Waals surface area (Å²) in [6.45, 7) is 0. The van der Waals surface area contributed by atoms with Gasteiger partial charge in [-0.15, -0.1) is 0 Å². The lowest BCUT2D eigenvalue weighted by Gasteiger charge is -2.32. The molecule has 5 rings (SSSR count). The summed E-state index contributed by atoms with van der Waals surface area (Å²) >= 11 is 4.70. The van der Waals surface area contributed by atoms with Crippen LogP contribution >= 0.6 is 12.6 Å². The summed E-state index contributed by atoms with van der Waals surface area (Å²) in [5, 5.41) is 5.38. The lowest BCUT2D eigenvalue weighted by molar-refractivity contribution is 0.487. The van der Waals surface area contributed by atoms with Gasteiger partial charge < -0.3 is 0 Å². The molecule has 2 unspecified atom stereocenters. The highest BCUT2D eigenvalue weighted by Gasteiger charge is 2.32. The molecule has 0 bridgehead atoms. The number of fused-ring (bicyclic) bond motifs is 5. The van der Waals surface area contributed by atoms with Crippen LogP contribution in [0.15, 0.2) is 67.0 Å². The second-order valence-corrected chi connectivity index (χ2v) is 7.42. The van der Waals surface area contributed by atoms with E-state index in [4.69, 9.17) is 12.6 Å². The van der Waals surface area contributed by atoms with E-state index in [1.54, 1.807) is 0 Å². The first kappa shape index (κ1) is 15.8. The number of hydrogen-bond donors (Lipinski definition) is 1. The summed E-state index contributed by atoms with van der Waals surface area (Å²) in [6.07, 6.45) is 5.84. The molecule has 128 valence electrons. The van der Waals surface area contributed by atoms with Crippen LogP contribution in [0.3, 0.4) is 0 Å². The number of thiol groups is 1. The molecule has 4 aromatic rings. The van der Waals surface area contributed by atoms with Gasteiger partial charge in [0.15, 0.2) is 0 Å². The maximum absolute atomic E-state index is 4.70. The summed E-state index contributed by atoms with van der Waals surface area (Å²) in [5.74, 6) is 2.48. The topological polar surface area (TPSA) is 25.8 Å². The van der Waals surface area contributed by atoms with Crippen LogP contribution in [-0.2, 0) is 6.42 Å². The van der Waals surface area contributed by atoms with Crippen LogP contribution in [0.5, 0.6) is 0 Å². The molecule has 26 heavy (non-hydrogen) atoms. The van der Waals surface area contributed by atoms with E-state index >= 15 is 0 Å². The Morgan fingerprint density at radius 2 is 1.65 bits per heavy atom. The van der Waals surface area contributed by atoms with Crippen molar-refractivity contribution >= 4 is 34.2 Å². The average Bonchev–Trinajstić information content (AvgIpc) is 2.72. The van der Waals surface area contributed by atoms with Gasteiger partial charge in [-0.25, -0.2) is 9.97 Å². The standard InChI is InChI=1S/C23H20N2S/c26-14-22-20-9-8-17-16-5-2-1-4-15(16)6-7-18(17)19(20)10-11-21(22)23-24-12-3-13-25-23/h1-9,12-13,21-22,26H,10-11,14H2. The van der Waals surface area contributed by atoms with Gasteiger partial charge in [0.1, 0.15) is 5.82 Å². The Labute approximate surface area is 158 Å². The molecule has 1 aromatic heterocycles. The highest BCUT2D eigenvalue weighted by Crippen LogP contribution is 2.44. The molecule has 0 N–H and O–H groups in total. The monoisotopic (exact) mass is 356 g/mol. The molecule has 1 aliphatic rings. The molecular formula is C23H20N2S. The molecule has 0 spiro atoms. The minimum Gasteiger partial charge on any atom is -0.241 e. The first-order valence-electron chi connectivity index (χ1n) is 9.18. The van der Waals surface area contributed by atoms with Crippen LogP contribution in [0.1, 0.15) is 35.2 Å². The van der Waals surface area contributed by atoms with Crippen LogP contribution in [0, 0.1) is 0 Å². The quantitative estimate of drug-likeness (QED) is 0.378. The molecule has 0 radical (unpaired) electrons. The molecule has 0 saturated carbocycles. The molecule has 2 atom stereocenters. The van der Waals surface area contributed by atoms with Gasteiger partial charge in [-0.05, 0) is 57.3 Å². The molecule has 0 saturated heterocycles. The number of aromatic nitrogens is 2. The Kier molecular flexibility index (Phi) is 3.90. The van der Waals surface area contributed by atoms with Crippen molar-refractivity contribution in [1.82, 2.24) is 9.97 Å². The molecule has 0 aliphatic heterocycles. The minimum absolute atomic E-state index is 0.346. The smallest absolute Gasteiger partial charge is 0.131 e. The van der Waals surface area contributed by atoms with Crippen molar-refractivity contribution in [3.8, 4) is 0 Å². The van der Waals surface area contributed by atoms with Crippen molar-refractivity contribution in [2.24, 2.45) is 0 Å². The fraction of sp³-hybridized carbons (Fsp3) is 0.217. The van der Waals surface area contributed by atoms with Crippen LogP contribution < -0.4 is 0 Å². The number of hydrogen-bond acceptors (Lipinski definition) is 3. The van der Waals surface area contributed by atoms with Gasteiger partial charge in [-0.1, -0.05) is 48.5 Å². The molecule has 3 aromatic carbocycles. The van der Waals surface area contributed by atoms with Gasteiger partial charge in [0.2, 0.25) is 0 Å². The van der Waals surface area contributed by atoms with Gasteiger partial charge in [-0.2, -0.15) is 12.6 Å². The van der Waals surface area contributed by atoms with E-state index in [2.05, 4.69) is 58.5 Å². The number of rotatable bonds is 2. The highest BCUT2D eigenvalue weighted by atomic mass is 32.1. The lowest BCUT2D eigenvalue weighted by Crippen LogP contribution is -2.22. The van der Waals surface area contributed by atoms with Crippen molar-refractivity contribution < 1.29 is 0 Å². The second kappa shape index (κ2) is 6.40. The van der Waals surface area contributed by atoms with Gasteiger partial charge in [0, 0.05) is 24.2 Å². The summed E-state index contributed by atoms with van der Waals surface area (Å²) in [6, 6.07) is 19.7. The van der Waals surface area contributed by atoms with E-state index in [9.17, 15) is 0 Å². The molecule has 1 heterocycles. The first-order chi connectivity index (χ1) is 12.9. The molecule has 3 heteroatoms. The molecule has 1 aliphatic carbocycles. The van der Waals surface area contributed by atoms with Gasteiger partial charge in [0.05, 0.1) is 0 Å². The van der Waals surface area contributed by atoms with Gasteiger partial charge >= 0.3 is 0 Å². The Morgan fingerprint density at radius 1 is 0.846 bits per heavy atom. The zero-order chi connectivity index (χ0) is 17.5. The van der Waals surface area contributed by atoms with Crippen molar-refractivity contribution in [2.45, 2.75) is 24.7 Å². The number of aryl methyl sites for hydroxylation is 1. The first-order valence-corrected chi connectivity index (χ1v) is 9.81. The molecule has 0 fully saturated rings. The molecular weight excluding hydrogens is 336 g/mol. The largest absolute Gasteiger partial charge is 0.241 e. The fourth-order valence-electron chi connectivity index (χ4n) is 4.55. The number of nitrogens with zero attached hydrogens (tertiary/aromatic N) is 2. The van der Waals surface area contributed by atoms with Crippen LogP contribution in [0.2, 0.25) is 0 Å². The predicted molar refractivity (Wildman–Crippen MR) is 111 cm³/mol. The Hall–Kier alpha value is -2.39.